The first-order valence-electron chi connectivity index (χ1n) is 4.73. The average molecular weight is 224 g/mol. The van der Waals surface area contributed by atoms with Crippen LogP contribution in [0.25, 0.3) is 0 Å². The van der Waals surface area contributed by atoms with Gasteiger partial charge in [-0.1, -0.05) is 6.42 Å². The molecule has 0 bridgehead atoms. The van der Waals surface area contributed by atoms with E-state index in [2.05, 4.69) is 4.52 Å². The van der Waals surface area contributed by atoms with Crippen molar-refractivity contribution in [2.24, 2.45) is 11.7 Å². The zero-order valence-electron chi connectivity index (χ0n) is 8.52. The summed E-state index contributed by atoms with van der Waals surface area (Å²) in [7, 11) is -3.66. The van der Waals surface area contributed by atoms with Crippen LogP contribution in [-0.2, 0) is 9.09 Å². The van der Waals surface area contributed by atoms with Crippen LogP contribution in [0.4, 0.5) is 0 Å². The van der Waals surface area contributed by atoms with Crippen LogP contribution in [0.5, 0.6) is 0 Å². The molecule has 0 aromatic carbocycles. The lowest BCUT2D eigenvalue weighted by Gasteiger charge is -2.21. The first-order chi connectivity index (χ1) is 6.49. The molecule has 14 heavy (non-hydrogen) atoms. The Labute approximate surface area is 84.8 Å². The van der Waals surface area contributed by atoms with Crippen LogP contribution >= 0.6 is 7.60 Å². The fraction of sp³-hybridized carbons (Fsp3) is 1.00. The van der Waals surface area contributed by atoms with E-state index in [1.165, 1.54) is 0 Å². The van der Waals surface area contributed by atoms with Crippen molar-refractivity contribution < 1.29 is 19.1 Å². The van der Waals surface area contributed by atoms with Crippen LogP contribution in [-0.4, -0.2) is 31.5 Å². The summed E-state index contributed by atoms with van der Waals surface area (Å²) in [4.78, 5) is 10.7. The number of unbranched alkanes of at least 4 members (excludes halogenated alkanes) is 1. The largest absolute Gasteiger partial charge is 0.779 e. The van der Waals surface area contributed by atoms with Crippen molar-refractivity contribution in [3.63, 3.8) is 0 Å². The normalized spacial score (nSPS) is 17.7. The molecule has 2 unspecified atom stereocenters. The van der Waals surface area contributed by atoms with Gasteiger partial charge in [-0.05, 0) is 19.4 Å². The molecule has 0 aliphatic carbocycles. The van der Waals surface area contributed by atoms with Gasteiger partial charge in [0.1, 0.15) is 7.60 Å². The predicted molar refractivity (Wildman–Crippen MR) is 53.0 cm³/mol. The summed E-state index contributed by atoms with van der Waals surface area (Å²) in [6.07, 6.45) is 2.52. The van der Waals surface area contributed by atoms with Crippen molar-refractivity contribution >= 4 is 7.60 Å². The molecule has 0 saturated heterocycles. The number of hydrogen-bond donors (Lipinski definition) is 2. The van der Waals surface area contributed by atoms with Gasteiger partial charge < -0.3 is 24.8 Å². The van der Waals surface area contributed by atoms with E-state index < -0.39 is 7.60 Å². The number of nitrogens with two attached hydrogens (primary N) is 1. The van der Waals surface area contributed by atoms with Gasteiger partial charge in [0.05, 0.1) is 6.61 Å². The molecule has 6 heteroatoms. The zero-order valence-corrected chi connectivity index (χ0v) is 9.41. The Hall–Kier alpha value is 0.0700. The van der Waals surface area contributed by atoms with E-state index in [-0.39, 0.29) is 19.1 Å². The van der Waals surface area contributed by atoms with Gasteiger partial charge in [-0.15, -0.1) is 0 Å². The van der Waals surface area contributed by atoms with E-state index >= 15 is 0 Å². The summed E-state index contributed by atoms with van der Waals surface area (Å²) in [5, 5.41) is 8.92. The summed E-state index contributed by atoms with van der Waals surface area (Å²) < 4.78 is 15.3. The minimum Gasteiger partial charge on any atom is -0.779 e. The summed E-state index contributed by atoms with van der Waals surface area (Å²) in [5.74, 6) is -0.108. The summed E-state index contributed by atoms with van der Waals surface area (Å²) in [6, 6.07) is 0. The van der Waals surface area contributed by atoms with Crippen LogP contribution in [0.3, 0.4) is 0 Å². The summed E-state index contributed by atoms with van der Waals surface area (Å²) in [6.45, 7) is 1.66. The van der Waals surface area contributed by atoms with Gasteiger partial charge in [-0.25, -0.2) is 0 Å². The lowest BCUT2D eigenvalue weighted by molar-refractivity contribution is -0.197. The highest BCUT2D eigenvalue weighted by Crippen LogP contribution is 2.32. The first kappa shape index (κ1) is 14.1. The average Bonchev–Trinajstić information content (AvgIpc) is 2.09. The predicted octanol–water partition coefficient (Wildman–Crippen LogP) is -0.0763. The molecule has 2 atom stereocenters. The van der Waals surface area contributed by atoms with Gasteiger partial charge >= 0.3 is 0 Å². The number of hydrogen-bond acceptors (Lipinski definition) is 5. The van der Waals surface area contributed by atoms with E-state index in [1.807, 2.05) is 0 Å². The highest BCUT2D eigenvalue weighted by atomic mass is 31.2. The second-order valence-corrected chi connectivity index (χ2v) is 5.20. The summed E-state index contributed by atoms with van der Waals surface area (Å²) in [5.41, 5.74) is 5.31. The van der Waals surface area contributed by atoms with Gasteiger partial charge in [0.25, 0.3) is 0 Å². The van der Waals surface area contributed by atoms with E-state index in [1.54, 1.807) is 0 Å². The molecule has 5 nitrogen and oxygen atoms in total. The smallest absolute Gasteiger partial charge is 0.131 e. The highest BCUT2D eigenvalue weighted by molar-refractivity contribution is 7.50. The maximum absolute atomic E-state index is 10.7. The minimum atomic E-state index is -3.66. The Morgan fingerprint density at radius 1 is 1.57 bits per heavy atom. The van der Waals surface area contributed by atoms with Gasteiger partial charge in [-0.3, -0.25) is 0 Å². The fourth-order valence-corrected chi connectivity index (χ4v) is 1.53. The van der Waals surface area contributed by atoms with Crippen LogP contribution in [0.15, 0.2) is 0 Å². The molecule has 86 valence electrons. The Morgan fingerprint density at radius 3 is 2.64 bits per heavy atom. The standard InChI is InChI=1S/C8H20NO4P/c1-14(11,12)13-7-8(6-10)4-2-3-5-9/h8,10H,2-7,9H2,1H3,(H,11,12)/p-1. The summed E-state index contributed by atoms with van der Waals surface area (Å²) >= 11 is 0. The third-order valence-corrected chi connectivity index (χ3v) is 2.49. The molecule has 0 aliphatic rings. The first-order valence-corrected chi connectivity index (χ1v) is 6.72. The number of rotatable bonds is 8. The zero-order chi connectivity index (χ0) is 11.0. The molecule has 0 rings (SSSR count). The number of aliphatic hydroxyl groups is 1. The molecular formula is C8H19NO4P-. The van der Waals surface area contributed by atoms with Crippen LogP contribution < -0.4 is 10.6 Å². The third-order valence-electron chi connectivity index (χ3n) is 1.87. The van der Waals surface area contributed by atoms with E-state index in [0.717, 1.165) is 25.9 Å². The molecule has 0 spiro atoms. The van der Waals surface area contributed by atoms with Crippen molar-refractivity contribution in [1.82, 2.24) is 0 Å². The van der Waals surface area contributed by atoms with Crippen molar-refractivity contribution in [1.29, 1.82) is 0 Å². The van der Waals surface area contributed by atoms with Crippen molar-refractivity contribution in [3.05, 3.63) is 0 Å². The molecule has 3 N–H and O–H groups in total. The molecule has 0 aromatic rings. The van der Waals surface area contributed by atoms with Crippen LogP contribution in [0, 0.1) is 5.92 Å². The second kappa shape index (κ2) is 7.37. The van der Waals surface area contributed by atoms with Crippen LogP contribution in [0.1, 0.15) is 19.3 Å². The van der Waals surface area contributed by atoms with Gasteiger partial charge in [0, 0.05) is 19.2 Å². The maximum atomic E-state index is 10.7. The Morgan fingerprint density at radius 2 is 2.21 bits per heavy atom. The number of aliphatic hydroxyl groups excluding tert-OH is 1. The molecule has 0 radical (unpaired) electrons. The quantitative estimate of drug-likeness (QED) is 0.444. The van der Waals surface area contributed by atoms with Gasteiger partial charge in [-0.2, -0.15) is 0 Å². The molecule has 0 heterocycles. The van der Waals surface area contributed by atoms with Crippen molar-refractivity contribution in [2.45, 2.75) is 19.3 Å². The van der Waals surface area contributed by atoms with Gasteiger partial charge in [0.15, 0.2) is 0 Å². The molecule has 0 aliphatic heterocycles. The topological polar surface area (TPSA) is 95.6 Å². The lowest BCUT2D eigenvalue weighted by atomic mass is 10.0. The SMILES string of the molecule is CP(=O)([O-])OCC(CO)CCCCN. The highest BCUT2D eigenvalue weighted by Gasteiger charge is 2.09. The Kier molecular flexibility index (Phi) is 7.41. The lowest BCUT2D eigenvalue weighted by Crippen LogP contribution is -2.16. The van der Waals surface area contributed by atoms with E-state index in [0.29, 0.717) is 6.54 Å². The van der Waals surface area contributed by atoms with Crippen LogP contribution in [0.2, 0.25) is 0 Å². The van der Waals surface area contributed by atoms with Crippen molar-refractivity contribution in [3.8, 4) is 0 Å². The van der Waals surface area contributed by atoms with Gasteiger partial charge in [0.2, 0.25) is 0 Å². The monoisotopic (exact) mass is 224 g/mol. The van der Waals surface area contributed by atoms with E-state index in [9.17, 15) is 9.46 Å². The molecular weight excluding hydrogens is 205 g/mol. The molecule has 0 aromatic heterocycles. The molecule has 0 amide bonds. The fourth-order valence-electron chi connectivity index (χ4n) is 1.05. The minimum absolute atomic E-state index is 0.0510. The van der Waals surface area contributed by atoms with E-state index in [4.69, 9.17) is 10.8 Å². The second-order valence-electron chi connectivity index (χ2n) is 3.40. The molecule has 0 fully saturated rings. The van der Waals surface area contributed by atoms with Crippen molar-refractivity contribution in [2.75, 3.05) is 26.4 Å². The Bertz CT molecular complexity index is 182. The maximum Gasteiger partial charge on any atom is 0.131 e. The third kappa shape index (κ3) is 8.66. The molecule has 0 saturated carbocycles. The Balaban J connectivity index is 3.63.